The molecule has 0 radical (unpaired) electrons. The highest BCUT2D eigenvalue weighted by atomic mass is 16.5. The summed E-state index contributed by atoms with van der Waals surface area (Å²) in [5.41, 5.74) is 1.42. The van der Waals surface area contributed by atoms with Gasteiger partial charge in [0.25, 0.3) is 0 Å². The molecule has 5 heteroatoms. The van der Waals surface area contributed by atoms with E-state index in [1.54, 1.807) is 6.20 Å². The van der Waals surface area contributed by atoms with Crippen LogP contribution in [0.15, 0.2) is 22.7 Å². The van der Waals surface area contributed by atoms with Gasteiger partial charge in [0.1, 0.15) is 0 Å². The van der Waals surface area contributed by atoms with Crippen LogP contribution in [0.5, 0.6) is 0 Å². The summed E-state index contributed by atoms with van der Waals surface area (Å²) in [5, 5.41) is 3.32. The van der Waals surface area contributed by atoms with Gasteiger partial charge in [-0.2, -0.15) is 4.98 Å². The number of oxazole rings is 1. The largest absolute Gasteiger partial charge is 0.439 e. The van der Waals surface area contributed by atoms with E-state index < -0.39 is 0 Å². The second kappa shape index (κ2) is 5.46. The summed E-state index contributed by atoms with van der Waals surface area (Å²) in [7, 11) is 0. The summed E-state index contributed by atoms with van der Waals surface area (Å²) in [6.45, 7) is 2.77. The fourth-order valence-electron chi connectivity index (χ4n) is 2.20. The van der Waals surface area contributed by atoms with Gasteiger partial charge < -0.3 is 14.5 Å². The van der Waals surface area contributed by atoms with Gasteiger partial charge in [0.05, 0.1) is 12.7 Å². The van der Waals surface area contributed by atoms with Crippen LogP contribution in [0.2, 0.25) is 0 Å². The second-order valence-corrected chi connectivity index (χ2v) is 4.50. The highest BCUT2D eigenvalue weighted by Gasteiger charge is 2.13. The third kappa shape index (κ3) is 2.68. The van der Waals surface area contributed by atoms with Crippen LogP contribution < -0.4 is 5.32 Å². The van der Waals surface area contributed by atoms with Crippen LogP contribution >= 0.6 is 0 Å². The maximum atomic E-state index is 5.82. The van der Waals surface area contributed by atoms with Crippen molar-refractivity contribution in [3.05, 3.63) is 24.2 Å². The lowest BCUT2D eigenvalue weighted by Crippen LogP contribution is -2.32. The smallest absolute Gasteiger partial charge is 0.199 e. The number of nitrogens with zero attached hydrogens (tertiary/aromatic N) is 2. The minimum absolute atomic E-state index is 0.383. The number of piperidine rings is 1. The maximum Gasteiger partial charge on any atom is 0.199 e. The zero-order valence-electron chi connectivity index (χ0n) is 10.3. The molecule has 96 valence electrons. The van der Waals surface area contributed by atoms with Crippen molar-refractivity contribution < 1.29 is 9.15 Å². The molecule has 1 N–H and O–H groups in total. The van der Waals surface area contributed by atoms with Gasteiger partial charge in [0, 0.05) is 12.6 Å². The monoisotopic (exact) mass is 247 g/mol. The highest BCUT2D eigenvalue weighted by Crippen LogP contribution is 2.13. The summed E-state index contributed by atoms with van der Waals surface area (Å²) in [5.74, 6) is 0.706. The van der Waals surface area contributed by atoms with Crippen LogP contribution in [-0.2, 0) is 11.2 Å². The number of aromatic nitrogens is 2. The lowest BCUT2D eigenvalue weighted by Gasteiger charge is -2.22. The molecule has 1 aliphatic rings. The van der Waals surface area contributed by atoms with E-state index in [-0.39, 0.29) is 0 Å². The first-order chi connectivity index (χ1) is 8.92. The highest BCUT2D eigenvalue weighted by molar-refractivity contribution is 5.66. The van der Waals surface area contributed by atoms with Crippen LogP contribution in [0.25, 0.3) is 11.2 Å². The van der Waals surface area contributed by atoms with Crippen LogP contribution in [0.1, 0.15) is 18.7 Å². The van der Waals surface area contributed by atoms with Gasteiger partial charge >= 0.3 is 0 Å². The molecule has 1 saturated heterocycles. The van der Waals surface area contributed by atoms with E-state index in [9.17, 15) is 0 Å². The first kappa shape index (κ1) is 11.6. The molecule has 0 unspecified atom stereocenters. The molecule has 1 fully saturated rings. The van der Waals surface area contributed by atoms with Crippen molar-refractivity contribution in [1.29, 1.82) is 0 Å². The van der Waals surface area contributed by atoms with Crippen LogP contribution in [0, 0.1) is 0 Å². The fraction of sp³-hybridized carbons (Fsp3) is 0.538. The molecule has 3 heterocycles. The Labute approximate surface area is 106 Å². The Balaban J connectivity index is 1.53. The third-order valence-electron chi connectivity index (χ3n) is 3.16. The fourth-order valence-corrected chi connectivity index (χ4v) is 2.20. The Morgan fingerprint density at radius 2 is 2.28 bits per heavy atom. The Bertz CT molecular complexity index is 473. The van der Waals surface area contributed by atoms with Crippen molar-refractivity contribution >= 4 is 11.2 Å². The maximum absolute atomic E-state index is 5.82. The molecule has 0 spiro atoms. The zero-order chi connectivity index (χ0) is 12.2. The third-order valence-corrected chi connectivity index (χ3v) is 3.16. The lowest BCUT2D eigenvalue weighted by molar-refractivity contribution is 0.0328. The number of rotatable bonds is 4. The van der Waals surface area contributed by atoms with Crippen LogP contribution in [0.3, 0.4) is 0 Å². The van der Waals surface area contributed by atoms with Crippen molar-refractivity contribution in [3.63, 3.8) is 0 Å². The van der Waals surface area contributed by atoms with Crippen molar-refractivity contribution in [1.82, 2.24) is 15.3 Å². The number of fused-ring (bicyclic) bond motifs is 1. The average Bonchev–Trinajstić information content (AvgIpc) is 2.82. The average molecular weight is 247 g/mol. The van der Waals surface area contributed by atoms with E-state index in [1.165, 1.54) is 0 Å². The molecular weight excluding hydrogens is 230 g/mol. The van der Waals surface area contributed by atoms with Crippen molar-refractivity contribution in [2.24, 2.45) is 0 Å². The molecule has 0 atom stereocenters. The van der Waals surface area contributed by atoms with E-state index in [0.717, 1.165) is 31.5 Å². The molecule has 0 saturated carbocycles. The van der Waals surface area contributed by atoms with E-state index in [1.807, 2.05) is 12.1 Å². The Morgan fingerprint density at radius 3 is 3.11 bits per heavy atom. The minimum Gasteiger partial charge on any atom is -0.439 e. The van der Waals surface area contributed by atoms with Crippen molar-refractivity contribution in [2.45, 2.75) is 25.4 Å². The molecule has 2 aromatic rings. The van der Waals surface area contributed by atoms with Gasteiger partial charge in [-0.15, -0.1) is 0 Å². The normalized spacial score (nSPS) is 17.3. The van der Waals surface area contributed by atoms with Gasteiger partial charge in [0.2, 0.25) is 0 Å². The van der Waals surface area contributed by atoms with E-state index >= 15 is 0 Å². The SMILES string of the molecule is c1cnc2nc(CCOC3CCNCC3)oc2c1. The second-order valence-electron chi connectivity index (χ2n) is 4.50. The molecule has 18 heavy (non-hydrogen) atoms. The van der Waals surface area contributed by atoms with Gasteiger partial charge in [-0.25, -0.2) is 4.98 Å². The number of ether oxygens (including phenoxy) is 1. The van der Waals surface area contributed by atoms with E-state index in [0.29, 0.717) is 30.7 Å². The molecule has 0 aromatic carbocycles. The number of hydrogen-bond acceptors (Lipinski definition) is 5. The van der Waals surface area contributed by atoms with Gasteiger partial charge in [0.15, 0.2) is 17.1 Å². The summed E-state index contributed by atoms with van der Waals surface area (Å²) in [4.78, 5) is 8.47. The molecular formula is C13H17N3O2. The first-order valence-electron chi connectivity index (χ1n) is 6.44. The van der Waals surface area contributed by atoms with Crippen molar-refractivity contribution in [2.75, 3.05) is 19.7 Å². The Hall–Kier alpha value is -1.46. The molecule has 5 nitrogen and oxygen atoms in total. The van der Waals surface area contributed by atoms with E-state index in [2.05, 4.69) is 15.3 Å². The predicted octanol–water partition coefficient (Wildman–Crippen LogP) is 1.53. The molecule has 1 aliphatic heterocycles. The number of nitrogens with one attached hydrogen (secondary N) is 1. The van der Waals surface area contributed by atoms with Gasteiger partial charge in [-0.05, 0) is 38.1 Å². The molecule has 2 aromatic heterocycles. The van der Waals surface area contributed by atoms with Crippen molar-refractivity contribution in [3.8, 4) is 0 Å². The molecule has 0 bridgehead atoms. The Kier molecular flexibility index (Phi) is 3.52. The molecule has 0 aliphatic carbocycles. The molecule has 3 rings (SSSR count). The standard InChI is InChI=1S/C13H17N3O2/c1-2-11-13(15-6-1)16-12(18-11)5-9-17-10-3-7-14-8-4-10/h1-2,6,10,14H,3-5,7-9H2. The minimum atomic E-state index is 0.383. The van der Waals surface area contributed by atoms with Crippen LogP contribution in [0.4, 0.5) is 0 Å². The number of hydrogen-bond donors (Lipinski definition) is 1. The summed E-state index contributed by atoms with van der Waals surface area (Å²) in [6.07, 6.45) is 5.00. The van der Waals surface area contributed by atoms with E-state index in [4.69, 9.17) is 9.15 Å². The predicted molar refractivity (Wildman–Crippen MR) is 67.4 cm³/mol. The van der Waals surface area contributed by atoms with Gasteiger partial charge in [-0.3, -0.25) is 0 Å². The Morgan fingerprint density at radius 1 is 1.39 bits per heavy atom. The quantitative estimate of drug-likeness (QED) is 0.888. The zero-order valence-corrected chi connectivity index (χ0v) is 10.3. The summed E-state index contributed by atoms with van der Waals surface area (Å²) in [6, 6.07) is 3.73. The lowest BCUT2D eigenvalue weighted by atomic mass is 10.1. The number of pyridine rings is 1. The first-order valence-corrected chi connectivity index (χ1v) is 6.44. The summed E-state index contributed by atoms with van der Waals surface area (Å²) < 4.78 is 11.4. The van der Waals surface area contributed by atoms with Gasteiger partial charge in [-0.1, -0.05) is 0 Å². The molecule has 0 amide bonds. The summed E-state index contributed by atoms with van der Waals surface area (Å²) >= 11 is 0. The topological polar surface area (TPSA) is 60.2 Å². The van der Waals surface area contributed by atoms with Crippen LogP contribution in [-0.4, -0.2) is 35.8 Å².